The van der Waals surface area contributed by atoms with Crippen LogP contribution < -0.4 is 5.43 Å². The van der Waals surface area contributed by atoms with E-state index < -0.39 is 5.92 Å². The molecule has 0 aromatic heterocycles. The fourth-order valence-electron chi connectivity index (χ4n) is 2.75. The van der Waals surface area contributed by atoms with Crippen molar-refractivity contribution in [2.45, 2.75) is 12.8 Å². The number of hydrogen-bond acceptors (Lipinski definition) is 2. The minimum atomic E-state index is -0.404. The van der Waals surface area contributed by atoms with Gasteiger partial charge in [-0.25, -0.2) is 5.43 Å². The quantitative estimate of drug-likeness (QED) is 0.463. The molecule has 3 nitrogen and oxygen atoms in total. The molecule has 3 aromatic carbocycles. The summed E-state index contributed by atoms with van der Waals surface area (Å²) in [5.41, 5.74) is 6.32. The number of halogens is 1. The van der Waals surface area contributed by atoms with E-state index in [0.29, 0.717) is 0 Å². The van der Waals surface area contributed by atoms with Crippen molar-refractivity contribution in [1.82, 2.24) is 5.43 Å². The molecule has 0 unspecified atom stereocenters. The minimum Gasteiger partial charge on any atom is -0.272 e. The topological polar surface area (TPSA) is 41.5 Å². The molecule has 0 aliphatic carbocycles. The molecule has 0 radical (unpaired) electrons. The maximum absolute atomic E-state index is 12.9. The summed E-state index contributed by atoms with van der Waals surface area (Å²) in [6, 6.07) is 27.3. The van der Waals surface area contributed by atoms with E-state index >= 15 is 0 Å². The molecular weight excluding hydrogens is 388 g/mol. The van der Waals surface area contributed by atoms with E-state index in [0.717, 1.165) is 26.9 Å². The monoisotopic (exact) mass is 406 g/mol. The lowest BCUT2D eigenvalue weighted by atomic mass is 9.91. The van der Waals surface area contributed by atoms with Crippen molar-refractivity contribution in [1.29, 1.82) is 0 Å². The molecule has 3 aromatic rings. The highest BCUT2D eigenvalue weighted by molar-refractivity contribution is 9.10. The van der Waals surface area contributed by atoms with Crippen LogP contribution in [0.1, 0.15) is 29.5 Å². The van der Waals surface area contributed by atoms with Crippen LogP contribution in [-0.2, 0) is 4.79 Å². The van der Waals surface area contributed by atoms with E-state index in [4.69, 9.17) is 0 Å². The molecular formula is C22H19BrN2O. The Labute approximate surface area is 161 Å². The first-order chi connectivity index (χ1) is 12.6. The fraction of sp³-hybridized carbons (Fsp3) is 0.0909. The molecule has 0 fully saturated rings. The standard InChI is InChI=1S/C22H19BrN2O/c1-16(17-12-14-20(23)15-13-17)24-25-22(26)21(18-8-4-2-5-9-18)19-10-6-3-7-11-19/h2-15,21H,1H3,(H,25,26)/b24-16-. The number of nitrogens with one attached hydrogen (secondary N) is 1. The number of benzene rings is 3. The van der Waals surface area contributed by atoms with Crippen LogP contribution >= 0.6 is 15.9 Å². The number of carbonyl (C=O) groups is 1. The molecule has 0 spiro atoms. The third-order valence-corrected chi connectivity index (χ3v) is 4.65. The van der Waals surface area contributed by atoms with Crippen molar-refractivity contribution in [2.24, 2.45) is 5.10 Å². The van der Waals surface area contributed by atoms with Gasteiger partial charge < -0.3 is 0 Å². The maximum atomic E-state index is 12.9. The Hall–Kier alpha value is -2.72. The van der Waals surface area contributed by atoms with Gasteiger partial charge in [-0.3, -0.25) is 4.79 Å². The third kappa shape index (κ3) is 4.46. The van der Waals surface area contributed by atoms with Crippen LogP contribution in [-0.4, -0.2) is 11.6 Å². The predicted molar refractivity (Wildman–Crippen MR) is 109 cm³/mol. The molecule has 3 rings (SSSR count). The molecule has 0 bridgehead atoms. The average molecular weight is 407 g/mol. The van der Waals surface area contributed by atoms with E-state index in [2.05, 4.69) is 26.5 Å². The van der Waals surface area contributed by atoms with Gasteiger partial charge in [-0.15, -0.1) is 0 Å². The zero-order chi connectivity index (χ0) is 18.4. The van der Waals surface area contributed by atoms with Gasteiger partial charge in [0, 0.05) is 4.47 Å². The predicted octanol–water partition coefficient (Wildman–Crippen LogP) is 5.12. The van der Waals surface area contributed by atoms with Crippen molar-refractivity contribution in [3.8, 4) is 0 Å². The smallest absolute Gasteiger partial charge is 0.252 e. The SMILES string of the molecule is C/C(=N/NC(=O)C(c1ccccc1)c1ccccc1)c1ccc(Br)cc1. The number of amides is 1. The van der Waals surface area contributed by atoms with Gasteiger partial charge in [0.05, 0.1) is 11.6 Å². The molecule has 0 aliphatic rings. The maximum Gasteiger partial charge on any atom is 0.252 e. The second-order valence-corrected chi connectivity index (χ2v) is 6.85. The highest BCUT2D eigenvalue weighted by Gasteiger charge is 2.22. The normalized spacial score (nSPS) is 11.4. The van der Waals surface area contributed by atoms with Crippen LogP contribution in [0.5, 0.6) is 0 Å². The minimum absolute atomic E-state index is 0.154. The Kier molecular flexibility index (Phi) is 5.97. The van der Waals surface area contributed by atoms with E-state index in [-0.39, 0.29) is 5.91 Å². The second-order valence-electron chi connectivity index (χ2n) is 5.93. The van der Waals surface area contributed by atoms with Gasteiger partial charge in [-0.1, -0.05) is 88.7 Å². The van der Waals surface area contributed by atoms with Crippen molar-refractivity contribution in [3.05, 3.63) is 106 Å². The van der Waals surface area contributed by atoms with Gasteiger partial charge in [-0.05, 0) is 35.7 Å². The summed E-state index contributed by atoms with van der Waals surface area (Å²) < 4.78 is 1.01. The van der Waals surface area contributed by atoms with Crippen LogP contribution in [0.15, 0.2) is 94.5 Å². The molecule has 0 saturated carbocycles. The van der Waals surface area contributed by atoms with Crippen molar-refractivity contribution in [3.63, 3.8) is 0 Å². The number of carbonyl (C=O) groups excluding carboxylic acids is 1. The first-order valence-corrected chi connectivity index (χ1v) is 9.14. The average Bonchev–Trinajstić information content (AvgIpc) is 2.68. The first-order valence-electron chi connectivity index (χ1n) is 8.35. The van der Waals surface area contributed by atoms with E-state index in [1.165, 1.54) is 0 Å². The fourth-order valence-corrected chi connectivity index (χ4v) is 3.01. The molecule has 0 aliphatic heterocycles. The lowest BCUT2D eigenvalue weighted by molar-refractivity contribution is -0.121. The van der Waals surface area contributed by atoms with Gasteiger partial charge in [0.25, 0.3) is 5.91 Å². The van der Waals surface area contributed by atoms with Gasteiger partial charge in [-0.2, -0.15) is 5.10 Å². The summed E-state index contributed by atoms with van der Waals surface area (Å²) >= 11 is 3.42. The Morgan fingerprint density at radius 3 is 1.85 bits per heavy atom. The molecule has 130 valence electrons. The molecule has 4 heteroatoms. The first kappa shape index (κ1) is 18.1. The largest absolute Gasteiger partial charge is 0.272 e. The number of nitrogens with zero attached hydrogens (tertiary/aromatic N) is 1. The van der Waals surface area contributed by atoms with Crippen LogP contribution in [0, 0.1) is 0 Å². The third-order valence-electron chi connectivity index (χ3n) is 4.12. The lowest BCUT2D eigenvalue weighted by Crippen LogP contribution is -2.27. The Bertz CT molecular complexity index is 851. The van der Waals surface area contributed by atoms with Crippen LogP contribution in [0.4, 0.5) is 0 Å². The van der Waals surface area contributed by atoms with E-state index in [1.54, 1.807) is 0 Å². The zero-order valence-electron chi connectivity index (χ0n) is 14.4. The lowest BCUT2D eigenvalue weighted by Gasteiger charge is -2.16. The van der Waals surface area contributed by atoms with E-state index in [9.17, 15) is 4.79 Å². The highest BCUT2D eigenvalue weighted by Crippen LogP contribution is 2.24. The second kappa shape index (κ2) is 8.59. The Balaban J connectivity index is 1.84. The van der Waals surface area contributed by atoms with E-state index in [1.807, 2.05) is 91.9 Å². The van der Waals surface area contributed by atoms with Gasteiger partial charge in [0.1, 0.15) is 0 Å². The molecule has 26 heavy (non-hydrogen) atoms. The van der Waals surface area contributed by atoms with Crippen molar-refractivity contribution >= 4 is 27.5 Å². The van der Waals surface area contributed by atoms with Gasteiger partial charge in [0.2, 0.25) is 0 Å². The molecule has 0 saturated heterocycles. The summed E-state index contributed by atoms with van der Waals surface area (Å²) in [6.45, 7) is 1.88. The molecule has 0 heterocycles. The van der Waals surface area contributed by atoms with Gasteiger partial charge >= 0.3 is 0 Å². The number of hydrogen-bond donors (Lipinski definition) is 1. The van der Waals surface area contributed by atoms with Crippen molar-refractivity contribution < 1.29 is 4.79 Å². The highest BCUT2D eigenvalue weighted by atomic mass is 79.9. The summed E-state index contributed by atoms with van der Waals surface area (Å²) in [5, 5.41) is 4.30. The molecule has 0 atom stereocenters. The van der Waals surface area contributed by atoms with Crippen LogP contribution in [0.3, 0.4) is 0 Å². The summed E-state index contributed by atoms with van der Waals surface area (Å²) in [5.74, 6) is -0.558. The Morgan fingerprint density at radius 2 is 1.35 bits per heavy atom. The summed E-state index contributed by atoms with van der Waals surface area (Å²) in [6.07, 6.45) is 0. The zero-order valence-corrected chi connectivity index (χ0v) is 16.0. The number of rotatable bonds is 5. The van der Waals surface area contributed by atoms with Gasteiger partial charge in [0.15, 0.2) is 0 Å². The summed E-state index contributed by atoms with van der Waals surface area (Å²) in [7, 11) is 0. The van der Waals surface area contributed by atoms with Crippen molar-refractivity contribution in [2.75, 3.05) is 0 Å². The van der Waals surface area contributed by atoms with Crippen LogP contribution in [0.25, 0.3) is 0 Å². The molecule has 1 amide bonds. The molecule has 1 N–H and O–H groups in total. The Morgan fingerprint density at radius 1 is 0.846 bits per heavy atom. The summed E-state index contributed by atoms with van der Waals surface area (Å²) in [4.78, 5) is 12.9. The van der Waals surface area contributed by atoms with Crippen LogP contribution in [0.2, 0.25) is 0 Å². The number of hydrazone groups is 1.